The first-order valence-corrected chi connectivity index (χ1v) is 7.26. The fraction of sp³-hybridized carbons (Fsp3) is 0.267. The molecular formula is C15H15BrN2O3. The summed E-state index contributed by atoms with van der Waals surface area (Å²) < 4.78 is 6.63. The van der Waals surface area contributed by atoms with Gasteiger partial charge < -0.3 is 4.74 Å². The van der Waals surface area contributed by atoms with E-state index in [1.807, 2.05) is 26.0 Å². The van der Waals surface area contributed by atoms with Gasteiger partial charge in [-0.2, -0.15) is 0 Å². The van der Waals surface area contributed by atoms with Crippen molar-refractivity contribution in [3.8, 4) is 11.6 Å². The summed E-state index contributed by atoms with van der Waals surface area (Å²) in [5.74, 6) is 0.810. The number of nitrogens with zero attached hydrogens (tertiary/aromatic N) is 2. The summed E-state index contributed by atoms with van der Waals surface area (Å²) in [7, 11) is 0. The molecule has 2 aromatic rings. The summed E-state index contributed by atoms with van der Waals surface area (Å²) in [6, 6.07) is 7.02. The van der Waals surface area contributed by atoms with Crippen LogP contribution in [0.3, 0.4) is 0 Å². The minimum atomic E-state index is -0.483. The van der Waals surface area contributed by atoms with E-state index in [0.717, 1.165) is 10.0 Å². The Labute approximate surface area is 131 Å². The van der Waals surface area contributed by atoms with Crippen LogP contribution in [0.15, 0.2) is 34.9 Å². The van der Waals surface area contributed by atoms with E-state index in [9.17, 15) is 10.1 Å². The highest BCUT2D eigenvalue weighted by Gasteiger charge is 2.19. The highest BCUT2D eigenvalue weighted by molar-refractivity contribution is 9.10. The van der Waals surface area contributed by atoms with Crippen LogP contribution in [-0.4, -0.2) is 9.91 Å². The molecule has 0 spiro atoms. The van der Waals surface area contributed by atoms with Crippen molar-refractivity contribution in [1.82, 2.24) is 4.98 Å². The Kier molecular flexibility index (Phi) is 4.57. The van der Waals surface area contributed by atoms with E-state index in [1.165, 1.54) is 6.07 Å². The van der Waals surface area contributed by atoms with Crippen LogP contribution in [0.4, 0.5) is 5.69 Å². The zero-order valence-electron chi connectivity index (χ0n) is 12.0. The third kappa shape index (κ3) is 3.58. The first kappa shape index (κ1) is 15.4. The number of hydrogen-bond acceptors (Lipinski definition) is 4. The van der Waals surface area contributed by atoms with E-state index in [2.05, 4.69) is 20.9 Å². The van der Waals surface area contributed by atoms with Crippen molar-refractivity contribution >= 4 is 21.6 Å². The Morgan fingerprint density at radius 1 is 1.33 bits per heavy atom. The molecule has 0 amide bonds. The monoisotopic (exact) mass is 350 g/mol. The van der Waals surface area contributed by atoms with Gasteiger partial charge in [0.05, 0.1) is 4.92 Å². The van der Waals surface area contributed by atoms with Gasteiger partial charge in [-0.05, 0) is 42.2 Å². The van der Waals surface area contributed by atoms with Gasteiger partial charge in [-0.3, -0.25) is 10.1 Å². The number of benzene rings is 1. The van der Waals surface area contributed by atoms with Gasteiger partial charge >= 0.3 is 5.69 Å². The molecule has 2 rings (SSSR count). The average molecular weight is 351 g/mol. The van der Waals surface area contributed by atoms with Gasteiger partial charge in [0.15, 0.2) is 0 Å². The molecule has 0 saturated carbocycles. The first-order valence-electron chi connectivity index (χ1n) is 6.47. The quantitative estimate of drug-likeness (QED) is 0.576. The zero-order valence-corrected chi connectivity index (χ0v) is 13.5. The van der Waals surface area contributed by atoms with Gasteiger partial charge in [-0.25, -0.2) is 4.98 Å². The van der Waals surface area contributed by atoms with Gasteiger partial charge in [-0.1, -0.05) is 29.8 Å². The molecule has 0 N–H and O–H groups in total. The largest absolute Gasteiger partial charge is 0.433 e. The third-order valence-electron chi connectivity index (χ3n) is 2.97. The molecule has 0 aliphatic rings. The molecule has 1 heterocycles. The SMILES string of the molecule is Cc1cnc(Oc2ccc(Br)cc2C(C)C)c([N+](=O)[O-])c1. The molecule has 0 saturated heterocycles. The number of halogens is 1. The maximum absolute atomic E-state index is 11.1. The lowest BCUT2D eigenvalue weighted by Gasteiger charge is -2.13. The summed E-state index contributed by atoms with van der Waals surface area (Å²) >= 11 is 3.42. The Hall–Kier alpha value is -1.95. The minimum absolute atomic E-state index is 0.00909. The third-order valence-corrected chi connectivity index (χ3v) is 3.46. The number of aryl methyl sites for hydroxylation is 1. The summed E-state index contributed by atoms with van der Waals surface area (Å²) in [6.45, 7) is 5.82. The van der Waals surface area contributed by atoms with Gasteiger partial charge in [0, 0.05) is 16.7 Å². The highest BCUT2D eigenvalue weighted by atomic mass is 79.9. The molecule has 0 aliphatic heterocycles. The Bertz CT molecular complexity index is 687. The van der Waals surface area contributed by atoms with E-state index in [-0.39, 0.29) is 17.5 Å². The van der Waals surface area contributed by atoms with Crippen molar-refractivity contribution in [2.75, 3.05) is 0 Å². The van der Waals surface area contributed by atoms with Crippen LogP contribution in [0.25, 0.3) is 0 Å². The Balaban J connectivity index is 2.46. The summed E-state index contributed by atoms with van der Waals surface area (Å²) in [5.41, 5.74) is 1.54. The average Bonchev–Trinajstić information content (AvgIpc) is 2.42. The maximum Gasteiger partial charge on any atom is 0.331 e. The molecule has 1 aromatic heterocycles. The topological polar surface area (TPSA) is 65.3 Å². The van der Waals surface area contributed by atoms with Crippen molar-refractivity contribution in [1.29, 1.82) is 0 Å². The summed E-state index contributed by atoms with van der Waals surface area (Å²) in [5, 5.41) is 11.1. The lowest BCUT2D eigenvalue weighted by Crippen LogP contribution is -1.99. The Morgan fingerprint density at radius 2 is 2.05 bits per heavy atom. The molecule has 0 unspecified atom stereocenters. The summed E-state index contributed by atoms with van der Waals surface area (Å²) in [4.78, 5) is 14.7. The number of rotatable bonds is 4. The van der Waals surface area contributed by atoms with Crippen LogP contribution >= 0.6 is 15.9 Å². The van der Waals surface area contributed by atoms with Gasteiger partial charge in [-0.15, -0.1) is 0 Å². The smallest absolute Gasteiger partial charge is 0.331 e. The number of pyridine rings is 1. The van der Waals surface area contributed by atoms with Crippen molar-refractivity contribution in [3.05, 3.63) is 56.2 Å². The minimum Gasteiger partial charge on any atom is -0.433 e. The zero-order chi connectivity index (χ0) is 15.6. The van der Waals surface area contributed by atoms with Crippen LogP contribution in [0.2, 0.25) is 0 Å². The van der Waals surface area contributed by atoms with Crippen LogP contribution in [0.5, 0.6) is 11.6 Å². The van der Waals surface area contributed by atoms with E-state index in [0.29, 0.717) is 11.3 Å². The van der Waals surface area contributed by atoms with Crippen molar-refractivity contribution in [2.24, 2.45) is 0 Å². The number of hydrogen-bond donors (Lipinski definition) is 0. The van der Waals surface area contributed by atoms with Crippen LogP contribution in [-0.2, 0) is 0 Å². The number of aromatic nitrogens is 1. The predicted octanol–water partition coefficient (Wildman–Crippen LogP) is 4.98. The molecule has 1 aromatic carbocycles. The Morgan fingerprint density at radius 3 is 2.67 bits per heavy atom. The fourth-order valence-corrected chi connectivity index (χ4v) is 2.30. The molecule has 110 valence electrons. The standard InChI is InChI=1S/C15H15BrN2O3/c1-9(2)12-7-11(16)4-5-14(12)21-15-13(18(19)20)6-10(3)8-17-15/h4-9H,1-3H3. The molecular weight excluding hydrogens is 336 g/mol. The first-order chi connectivity index (χ1) is 9.88. The number of ether oxygens (including phenoxy) is 1. The lowest BCUT2D eigenvalue weighted by atomic mass is 10.0. The normalized spacial score (nSPS) is 10.7. The van der Waals surface area contributed by atoms with Gasteiger partial charge in [0.2, 0.25) is 0 Å². The van der Waals surface area contributed by atoms with Crippen LogP contribution in [0, 0.1) is 17.0 Å². The highest BCUT2D eigenvalue weighted by Crippen LogP contribution is 2.35. The maximum atomic E-state index is 11.1. The van der Waals surface area contributed by atoms with E-state index >= 15 is 0 Å². The van der Waals surface area contributed by atoms with Crippen molar-refractivity contribution < 1.29 is 9.66 Å². The van der Waals surface area contributed by atoms with Crippen LogP contribution in [0.1, 0.15) is 30.9 Å². The van der Waals surface area contributed by atoms with Crippen molar-refractivity contribution in [2.45, 2.75) is 26.7 Å². The van der Waals surface area contributed by atoms with Crippen molar-refractivity contribution in [3.63, 3.8) is 0 Å². The molecule has 0 aliphatic carbocycles. The van der Waals surface area contributed by atoms with Crippen LogP contribution < -0.4 is 4.74 Å². The van der Waals surface area contributed by atoms with E-state index in [1.54, 1.807) is 19.2 Å². The molecule has 0 radical (unpaired) electrons. The second-order valence-electron chi connectivity index (χ2n) is 5.03. The van der Waals surface area contributed by atoms with Gasteiger partial charge in [0.25, 0.3) is 5.88 Å². The fourth-order valence-electron chi connectivity index (χ4n) is 1.92. The second kappa shape index (κ2) is 6.22. The molecule has 0 atom stereocenters. The van der Waals surface area contributed by atoms with Gasteiger partial charge in [0.1, 0.15) is 5.75 Å². The summed E-state index contributed by atoms with van der Waals surface area (Å²) in [6.07, 6.45) is 1.55. The molecule has 5 nitrogen and oxygen atoms in total. The molecule has 0 bridgehead atoms. The van der Waals surface area contributed by atoms with E-state index < -0.39 is 4.92 Å². The molecule has 0 fully saturated rings. The molecule has 6 heteroatoms. The predicted molar refractivity (Wildman–Crippen MR) is 83.9 cm³/mol. The number of nitro groups is 1. The molecule has 21 heavy (non-hydrogen) atoms. The van der Waals surface area contributed by atoms with E-state index in [4.69, 9.17) is 4.74 Å². The second-order valence-corrected chi connectivity index (χ2v) is 5.95. The lowest BCUT2D eigenvalue weighted by molar-refractivity contribution is -0.386.